The number of nitrogens with zero attached hydrogens (tertiary/aromatic N) is 1. The minimum Gasteiger partial charge on any atom is -0.351 e. The Kier molecular flexibility index (Phi) is 1.51. The molecule has 3 heteroatoms. The summed E-state index contributed by atoms with van der Waals surface area (Å²) in [5, 5.41) is 0. The first kappa shape index (κ1) is 7.63. The van der Waals surface area contributed by atoms with Crippen molar-refractivity contribution in [2.45, 2.75) is 30.6 Å². The summed E-state index contributed by atoms with van der Waals surface area (Å²) in [6.07, 6.45) is 5.29. The molecule has 3 aliphatic heterocycles. The molecule has 0 amide bonds. The van der Waals surface area contributed by atoms with Gasteiger partial charge in [-0.25, -0.2) is 0 Å². The van der Waals surface area contributed by atoms with E-state index in [0.717, 1.165) is 5.92 Å². The van der Waals surface area contributed by atoms with Crippen LogP contribution in [0, 0.1) is 5.92 Å². The summed E-state index contributed by atoms with van der Waals surface area (Å²) in [4.78, 5) is 4.29. The molecule has 2 atom stereocenters. The Morgan fingerprint density at radius 3 is 3.17 bits per heavy atom. The van der Waals surface area contributed by atoms with Gasteiger partial charge in [-0.05, 0) is 25.7 Å². The van der Waals surface area contributed by atoms with Crippen molar-refractivity contribution in [3.8, 4) is 0 Å². The van der Waals surface area contributed by atoms with E-state index in [9.17, 15) is 0 Å². The highest BCUT2D eigenvalue weighted by Gasteiger charge is 2.57. The Labute approximate surface area is 82.9 Å². The second kappa shape index (κ2) is 2.38. The van der Waals surface area contributed by atoms with Crippen molar-refractivity contribution in [3.05, 3.63) is 0 Å². The maximum absolute atomic E-state index is 5.41. The van der Waals surface area contributed by atoms with E-state index in [1.54, 1.807) is 0 Å². The third kappa shape index (κ3) is 0.746. The van der Waals surface area contributed by atoms with Crippen LogP contribution in [0.5, 0.6) is 0 Å². The van der Waals surface area contributed by atoms with E-state index in [4.69, 9.17) is 12.2 Å². The van der Waals surface area contributed by atoms with Gasteiger partial charge in [0.1, 0.15) is 0 Å². The van der Waals surface area contributed by atoms with Crippen molar-refractivity contribution in [2.24, 2.45) is 5.92 Å². The topological polar surface area (TPSA) is 3.24 Å². The fourth-order valence-corrected chi connectivity index (χ4v) is 5.02. The van der Waals surface area contributed by atoms with Crippen LogP contribution >= 0.6 is 24.0 Å². The van der Waals surface area contributed by atoms with Gasteiger partial charge < -0.3 is 4.90 Å². The summed E-state index contributed by atoms with van der Waals surface area (Å²) in [5.41, 5.74) is 0. The highest BCUT2D eigenvalue weighted by Crippen LogP contribution is 2.58. The molecular formula is C9H13NS2. The van der Waals surface area contributed by atoms with Crippen molar-refractivity contribution < 1.29 is 0 Å². The molecule has 1 spiro atoms. The van der Waals surface area contributed by atoms with Gasteiger partial charge in [-0.3, -0.25) is 0 Å². The Morgan fingerprint density at radius 1 is 1.58 bits per heavy atom. The van der Waals surface area contributed by atoms with Gasteiger partial charge in [-0.1, -0.05) is 12.2 Å². The fraction of sp³-hybridized carbons (Fsp3) is 0.889. The van der Waals surface area contributed by atoms with E-state index >= 15 is 0 Å². The van der Waals surface area contributed by atoms with E-state index in [1.165, 1.54) is 43.0 Å². The van der Waals surface area contributed by atoms with Crippen LogP contribution in [0.4, 0.5) is 0 Å². The van der Waals surface area contributed by atoms with Crippen LogP contribution in [-0.2, 0) is 0 Å². The Morgan fingerprint density at radius 2 is 2.50 bits per heavy atom. The average molecular weight is 199 g/mol. The van der Waals surface area contributed by atoms with Gasteiger partial charge in [0.2, 0.25) is 0 Å². The third-order valence-corrected chi connectivity index (χ3v) is 5.81. The highest BCUT2D eigenvalue weighted by molar-refractivity contribution is 8.02. The zero-order chi connectivity index (χ0) is 8.18. The van der Waals surface area contributed by atoms with Crippen LogP contribution < -0.4 is 0 Å². The number of piperidine rings is 1. The molecule has 0 aromatic heterocycles. The Hall–Kier alpha value is 0.240. The first-order valence-electron chi connectivity index (χ1n) is 4.77. The smallest absolute Gasteiger partial charge is 0.0901 e. The van der Waals surface area contributed by atoms with Crippen molar-refractivity contribution in [1.82, 2.24) is 4.90 Å². The van der Waals surface area contributed by atoms with Crippen LogP contribution in [-0.4, -0.2) is 27.1 Å². The number of rotatable bonds is 0. The van der Waals surface area contributed by atoms with Crippen LogP contribution in [0.25, 0.3) is 0 Å². The summed E-state index contributed by atoms with van der Waals surface area (Å²) < 4.78 is 0. The molecule has 2 unspecified atom stereocenters. The quantitative estimate of drug-likeness (QED) is 0.551. The SMILES string of the molecule is S=C1CCCC23SCC2CCN13. The van der Waals surface area contributed by atoms with Gasteiger partial charge in [-0.2, -0.15) is 0 Å². The molecule has 1 nitrogen and oxygen atoms in total. The molecule has 66 valence electrons. The lowest BCUT2D eigenvalue weighted by Gasteiger charge is -2.52. The van der Waals surface area contributed by atoms with Gasteiger partial charge in [-0.15, -0.1) is 11.8 Å². The average Bonchev–Trinajstić information content (AvgIpc) is 2.28. The molecule has 3 heterocycles. The minimum atomic E-state index is 0.509. The van der Waals surface area contributed by atoms with Gasteiger partial charge in [0, 0.05) is 18.2 Å². The van der Waals surface area contributed by atoms with Crippen LogP contribution in [0.15, 0.2) is 0 Å². The van der Waals surface area contributed by atoms with E-state index in [1.807, 2.05) is 0 Å². The van der Waals surface area contributed by atoms with Gasteiger partial charge in [0.15, 0.2) is 0 Å². The lowest BCUT2D eigenvalue weighted by Crippen LogP contribution is -2.56. The van der Waals surface area contributed by atoms with Gasteiger partial charge >= 0.3 is 0 Å². The molecule has 0 aromatic rings. The van der Waals surface area contributed by atoms with E-state index in [2.05, 4.69) is 16.7 Å². The molecule has 0 radical (unpaired) electrons. The summed E-state index contributed by atoms with van der Waals surface area (Å²) in [6.45, 7) is 1.25. The number of thioether (sulfide) groups is 1. The zero-order valence-electron chi connectivity index (χ0n) is 7.08. The molecule has 0 bridgehead atoms. The molecule has 0 aliphatic carbocycles. The zero-order valence-corrected chi connectivity index (χ0v) is 8.72. The van der Waals surface area contributed by atoms with Crippen molar-refractivity contribution in [2.75, 3.05) is 12.3 Å². The van der Waals surface area contributed by atoms with Gasteiger partial charge in [0.25, 0.3) is 0 Å². The monoisotopic (exact) mass is 199 g/mol. The lowest BCUT2D eigenvalue weighted by atomic mass is 9.92. The van der Waals surface area contributed by atoms with E-state index < -0.39 is 0 Å². The molecule has 12 heavy (non-hydrogen) atoms. The molecule has 0 aromatic carbocycles. The summed E-state index contributed by atoms with van der Waals surface area (Å²) in [6, 6.07) is 0. The summed E-state index contributed by atoms with van der Waals surface area (Å²) >= 11 is 7.56. The first-order valence-corrected chi connectivity index (χ1v) is 6.17. The second-order valence-electron chi connectivity index (χ2n) is 4.04. The van der Waals surface area contributed by atoms with Crippen molar-refractivity contribution >= 4 is 29.0 Å². The Balaban J connectivity index is 1.95. The molecule has 0 saturated carbocycles. The third-order valence-electron chi connectivity index (χ3n) is 3.56. The Bertz CT molecular complexity index is 241. The second-order valence-corrected chi connectivity index (χ2v) is 5.84. The molecule has 3 aliphatic rings. The standard InChI is InChI=1S/C9H13NS2/c11-8-2-1-4-9-7(6-12-9)3-5-10(8)9/h7H,1-6H2. The predicted octanol–water partition coefficient (Wildman–Crippen LogP) is 2.26. The minimum absolute atomic E-state index is 0.509. The van der Waals surface area contributed by atoms with E-state index in [-0.39, 0.29) is 0 Å². The molecule has 3 rings (SSSR count). The maximum Gasteiger partial charge on any atom is 0.0901 e. The lowest BCUT2D eigenvalue weighted by molar-refractivity contribution is 0.238. The normalized spacial score (nSPS) is 45.2. The van der Waals surface area contributed by atoms with Crippen LogP contribution in [0.3, 0.4) is 0 Å². The van der Waals surface area contributed by atoms with Crippen LogP contribution in [0.2, 0.25) is 0 Å². The first-order chi connectivity index (χ1) is 5.83. The predicted molar refractivity (Wildman–Crippen MR) is 56.5 cm³/mol. The largest absolute Gasteiger partial charge is 0.351 e. The van der Waals surface area contributed by atoms with Crippen molar-refractivity contribution in [3.63, 3.8) is 0 Å². The molecule has 3 saturated heterocycles. The molecule has 0 N–H and O–H groups in total. The maximum atomic E-state index is 5.41. The molecule has 3 fully saturated rings. The number of hydrogen-bond donors (Lipinski definition) is 0. The summed E-state index contributed by atoms with van der Waals surface area (Å²) in [5.74, 6) is 2.36. The fourth-order valence-electron chi connectivity index (χ4n) is 2.85. The summed E-state index contributed by atoms with van der Waals surface area (Å²) in [7, 11) is 0. The highest BCUT2D eigenvalue weighted by atomic mass is 32.2. The van der Waals surface area contributed by atoms with Gasteiger partial charge in [0.05, 0.1) is 9.86 Å². The van der Waals surface area contributed by atoms with Crippen molar-refractivity contribution in [1.29, 1.82) is 0 Å². The number of hydrogen-bond acceptors (Lipinski definition) is 2. The van der Waals surface area contributed by atoms with Crippen LogP contribution in [0.1, 0.15) is 25.7 Å². The van der Waals surface area contributed by atoms with E-state index in [0.29, 0.717) is 4.87 Å². The number of thiocarbonyl (C=S) groups is 1. The molecular weight excluding hydrogens is 186 g/mol.